The van der Waals surface area contributed by atoms with E-state index in [9.17, 15) is 0 Å². The Kier molecular flexibility index (Phi) is 3.63. The van der Waals surface area contributed by atoms with Crippen LogP contribution < -0.4 is 0 Å². The topological polar surface area (TPSA) is 40.2 Å². The van der Waals surface area contributed by atoms with Crippen molar-refractivity contribution in [1.82, 2.24) is 4.90 Å². The summed E-state index contributed by atoms with van der Waals surface area (Å²) >= 11 is 0. The van der Waals surface area contributed by atoms with Crippen LogP contribution in [0, 0.1) is 17.2 Å². The summed E-state index contributed by atoms with van der Waals surface area (Å²) in [6.45, 7) is 0.801. The Labute approximate surface area is 96.7 Å². The van der Waals surface area contributed by atoms with Gasteiger partial charge >= 0.3 is 0 Å². The number of nitriles is 1. The summed E-state index contributed by atoms with van der Waals surface area (Å²) in [7, 11) is 2.09. The highest BCUT2D eigenvalue weighted by Crippen LogP contribution is 2.28. The fourth-order valence-electron chi connectivity index (χ4n) is 2.56. The molecule has 2 atom stereocenters. The van der Waals surface area contributed by atoms with Crippen molar-refractivity contribution in [2.24, 2.45) is 5.92 Å². The third-order valence-electron chi connectivity index (χ3n) is 3.45. The van der Waals surface area contributed by atoms with E-state index in [4.69, 9.17) is 9.68 Å². The van der Waals surface area contributed by atoms with Crippen molar-refractivity contribution >= 4 is 0 Å². The first-order valence-corrected chi connectivity index (χ1v) is 5.93. The standard InChI is InChI=1S/C13H18N2O/c1-15(10-12-6-4-8-16-12)13-7-3-2-5-11(13)9-14/h4,6,8,11,13H,2-3,5,7,10H2,1H3. The third-order valence-corrected chi connectivity index (χ3v) is 3.45. The largest absolute Gasteiger partial charge is 0.468 e. The predicted octanol–water partition coefficient (Wildman–Crippen LogP) is 2.79. The van der Waals surface area contributed by atoms with E-state index in [0.29, 0.717) is 6.04 Å². The summed E-state index contributed by atoms with van der Waals surface area (Å²) in [5.41, 5.74) is 0. The van der Waals surface area contributed by atoms with Gasteiger partial charge in [0.2, 0.25) is 0 Å². The van der Waals surface area contributed by atoms with Gasteiger partial charge in [-0.3, -0.25) is 4.90 Å². The van der Waals surface area contributed by atoms with E-state index in [1.54, 1.807) is 6.26 Å². The SMILES string of the molecule is CN(Cc1ccco1)C1CCCCC1C#N. The molecule has 2 rings (SSSR count). The van der Waals surface area contributed by atoms with Crippen LogP contribution in [-0.4, -0.2) is 18.0 Å². The van der Waals surface area contributed by atoms with Crippen molar-refractivity contribution in [2.75, 3.05) is 7.05 Å². The lowest BCUT2D eigenvalue weighted by Gasteiger charge is -2.34. The van der Waals surface area contributed by atoms with Gasteiger partial charge in [-0.05, 0) is 32.0 Å². The van der Waals surface area contributed by atoms with Crippen LogP contribution in [0.4, 0.5) is 0 Å². The molecule has 2 unspecified atom stereocenters. The van der Waals surface area contributed by atoms with E-state index in [2.05, 4.69) is 18.0 Å². The third kappa shape index (κ3) is 2.45. The van der Waals surface area contributed by atoms with Gasteiger partial charge in [-0.25, -0.2) is 0 Å². The fourth-order valence-corrected chi connectivity index (χ4v) is 2.56. The van der Waals surface area contributed by atoms with Gasteiger partial charge in [-0.2, -0.15) is 5.26 Å². The molecule has 1 aromatic heterocycles. The lowest BCUT2D eigenvalue weighted by molar-refractivity contribution is 0.142. The lowest BCUT2D eigenvalue weighted by atomic mass is 9.84. The molecule has 0 amide bonds. The molecule has 1 aliphatic rings. The average Bonchev–Trinajstić information content (AvgIpc) is 2.81. The fraction of sp³-hybridized carbons (Fsp3) is 0.615. The number of hydrogen-bond acceptors (Lipinski definition) is 3. The smallest absolute Gasteiger partial charge is 0.117 e. The van der Waals surface area contributed by atoms with Crippen molar-refractivity contribution in [3.63, 3.8) is 0 Å². The van der Waals surface area contributed by atoms with Crippen LogP contribution in [0.2, 0.25) is 0 Å². The highest BCUT2D eigenvalue weighted by atomic mass is 16.3. The maximum absolute atomic E-state index is 9.14. The average molecular weight is 218 g/mol. The second kappa shape index (κ2) is 5.18. The van der Waals surface area contributed by atoms with Gasteiger partial charge in [0.15, 0.2) is 0 Å². The summed E-state index contributed by atoms with van der Waals surface area (Å²) in [6, 6.07) is 6.73. The summed E-state index contributed by atoms with van der Waals surface area (Å²) in [6.07, 6.45) is 6.32. The van der Waals surface area contributed by atoms with E-state index in [0.717, 1.165) is 25.1 Å². The molecule has 0 aromatic carbocycles. The summed E-state index contributed by atoms with van der Waals surface area (Å²) in [4.78, 5) is 2.26. The molecular weight excluding hydrogens is 200 g/mol. The van der Waals surface area contributed by atoms with E-state index in [-0.39, 0.29) is 5.92 Å². The maximum Gasteiger partial charge on any atom is 0.117 e. The molecule has 0 N–H and O–H groups in total. The van der Waals surface area contributed by atoms with E-state index < -0.39 is 0 Å². The molecule has 1 fully saturated rings. The minimum absolute atomic E-state index is 0.189. The molecule has 1 aromatic rings. The number of rotatable bonds is 3. The van der Waals surface area contributed by atoms with Gasteiger partial charge in [-0.1, -0.05) is 12.8 Å². The Morgan fingerprint density at radius 2 is 2.31 bits per heavy atom. The second-order valence-corrected chi connectivity index (χ2v) is 4.58. The predicted molar refractivity (Wildman–Crippen MR) is 61.5 cm³/mol. The van der Waals surface area contributed by atoms with Crippen LogP contribution in [0.5, 0.6) is 0 Å². The van der Waals surface area contributed by atoms with Gasteiger partial charge in [0.25, 0.3) is 0 Å². The highest BCUT2D eigenvalue weighted by Gasteiger charge is 2.28. The lowest BCUT2D eigenvalue weighted by Crippen LogP contribution is -2.39. The zero-order valence-electron chi connectivity index (χ0n) is 9.72. The molecule has 0 aliphatic heterocycles. The van der Waals surface area contributed by atoms with E-state index in [1.165, 1.54) is 12.8 Å². The van der Waals surface area contributed by atoms with Gasteiger partial charge in [0.1, 0.15) is 5.76 Å². The van der Waals surface area contributed by atoms with Crippen molar-refractivity contribution in [3.05, 3.63) is 24.2 Å². The summed E-state index contributed by atoms with van der Waals surface area (Å²) < 4.78 is 5.34. The van der Waals surface area contributed by atoms with Crippen molar-refractivity contribution < 1.29 is 4.42 Å². The minimum Gasteiger partial charge on any atom is -0.468 e. The minimum atomic E-state index is 0.189. The van der Waals surface area contributed by atoms with Crippen LogP contribution in [0.25, 0.3) is 0 Å². The number of hydrogen-bond donors (Lipinski definition) is 0. The Balaban J connectivity index is 1.97. The molecule has 0 bridgehead atoms. The maximum atomic E-state index is 9.14. The number of nitrogens with zero attached hydrogens (tertiary/aromatic N) is 2. The Bertz CT molecular complexity index is 353. The van der Waals surface area contributed by atoms with Crippen molar-refractivity contribution in [3.8, 4) is 6.07 Å². The second-order valence-electron chi connectivity index (χ2n) is 4.58. The van der Waals surface area contributed by atoms with Gasteiger partial charge < -0.3 is 4.42 Å². The molecular formula is C13H18N2O. The first kappa shape index (κ1) is 11.2. The molecule has 86 valence electrons. The van der Waals surface area contributed by atoms with Crippen LogP contribution in [0.3, 0.4) is 0 Å². The van der Waals surface area contributed by atoms with Gasteiger partial charge in [0, 0.05) is 6.04 Å². The molecule has 0 spiro atoms. The van der Waals surface area contributed by atoms with Gasteiger partial charge in [0.05, 0.1) is 24.8 Å². The first-order chi connectivity index (χ1) is 7.81. The zero-order valence-corrected chi connectivity index (χ0v) is 9.72. The van der Waals surface area contributed by atoms with Crippen molar-refractivity contribution in [1.29, 1.82) is 5.26 Å². The molecule has 1 heterocycles. The Hall–Kier alpha value is -1.27. The van der Waals surface area contributed by atoms with Crippen LogP contribution in [0.15, 0.2) is 22.8 Å². The zero-order chi connectivity index (χ0) is 11.4. The van der Waals surface area contributed by atoms with Crippen LogP contribution in [0.1, 0.15) is 31.4 Å². The normalized spacial score (nSPS) is 25.6. The van der Waals surface area contributed by atoms with E-state index in [1.807, 2.05) is 12.1 Å². The first-order valence-electron chi connectivity index (χ1n) is 5.93. The monoisotopic (exact) mass is 218 g/mol. The highest BCUT2D eigenvalue weighted by molar-refractivity contribution is 5.00. The Morgan fingerprint density at radius 1 is 1.50 bits per heavy atom. The summed E-state index contributed by atoms with van der Waals surface area (Å²) in [5.74, 6) is 1.17. The molecule has 3 nitrogen and oxygen atoms in total. The molecule has 0 radical (unpaired) electrons. The van der Waals surface area contributed by atoms with Crippen molar-refractivity contribution in [2.45, 2.75) is 38.3 Å². The van der Waals surface area contributed by atoms with Gasteiger partial charge in [-0.15, -0.1) is 0 Å². The Morgan fingerprint density at radius 3 is 3.00 bits per heavy atom. The van der Waals surface area contributed by atoms with Crippen LogP contribution >= 0.6 is 0 Å². The molecule has 3 heteroatoms. The molecule has 16 heavy (non-hydrogen) atoms. The quantitative estimate of drug-likeness (QED) is 0.783. The van der Waals surface area contributed by atoms with Crippen LogP contribution in [-0.2, 0) is 6.54 Å². The molecule has 1 aliphatic carbocycles. The van der Waals surface area contributed by atoms with E-state index >= 15 is 0 Å². The molecule has 1 saturated carbocycles. The number of furan rings is 1. The molecule has 0 saturated heterocycles. The summed E-state index contributed by atoms with van der Waals surface area (Å²) in [5, 5.41) is 9.14.